The molecule has 0 saturated carbocycles. The van der Waals surface area contributed by atoms with Gasteiger partial charge in [0, 0.05) is 13.1 Å². The minimum Gasteiger partial charge on any atom is -0.329 e. The fraction of sp³-hybridized carbons (Fsp3) is 0.538. The van der Waals surface area contributed by atoms with E-state index in [2.05, 4.69) is 0 Å². The number of alkyl halides is 3. The zero-order chi connectivity index (χ0) is 16.1. The molecule has 0 aromatic heterocycles. The maximum absolute atomic E-state index is 12.5. The molecule has 4 nitrogen and oxygen atoms in total. The number of halogens is 3. The molecule has 0 aliphatic rings. The van der Waals surface area contributed by atoms with Crippen LogP contribution >= 0.6 is 0 Å². The summed E-state index contributed by atoms with van der Waals surface area (Å²) in [5, 5.41) is 0. The smallest absolute Gasteiger partial charge is 0.329 e. The highest BCUT2D eigenvalue weighted by Gasteiger charge is 2.36. The third-order valence-corrected chi connectivity index (χ3v) is 4.98. The van der Waals surface area contributed by atoms with Crippen molar-refractivity contribution in [3.05, 3.63) is 35.9 Å². The summed E-state index contributed by atoms with van der Waals surface area (Å²) in [5.74, 6) is -0.780. The molecule has 1 aromatic carbocycles. The molecule has 21 heavy (non-hydrogen) atoms. The van der Waals surface area contributed by atoms with Gasteiger partial charge in [-0.15, -0.1) is 0 Å². The van der Waals surface area contributed by atoms with Crippen LogP contribution in [0.15, 0.2) is 30.3 Å². The summed E-state index contributed by atoms with van der Waals surface area (Å²) >= 11 is 0. The Hall–Kier alpha value is -1.12. The van der Waals surface area contributed by atoms with E-state index in [1.165, 1.54) is 0 Å². The number of nitrogens with zero attached hydrogens (tertiary/aromatic N) is 1. The summed E-state index contributed by atoms with van der Waals surface area (Å²) in [6, 6.07) is 8.79. The van der Waals surface area contributed by atoms with Gasteiger partial charge >= 0.3 is 6.18 Å². The van der Waals surface area contributed by atoms with Crippen molar-refractivity contribution in [3.63, 3.8) is 0 Å². The summed E-state index contributed by atoms with van der Waals surface area (Å²) in [6.07, 6.45) is -4.59. The Morgan fingerprint density at radius 1 is 1.24 bits per heavy atom. The summed E-state index contributed by atoms with van der Waals surface area (Å²) in [4.78, 5) is 0. The van der Waals surface area contributed by atoms with Crippen molar-refractivity contribution < 1.29 is 21.6 Å². The second-order valence-corrected chi connectivity index (χ2v) is 6.84. The quantitative estimate of drug-likeness (QED) is 0.834. The molecule has 0 spiro atoms. The maximum Gasteiger partial charge on any atom is 0.402 e. The predicted molar refractivity (Wildman–Crippen MR) is 75.3 cm³/mol. The van der Waals surface area contributed by atoms with Gasteiger partial charge in [-0.1, -0.05) is 37.3 Å². The lowest BCUT2D eigenvalue weighted by Gasteiger charge is -2.24. The van der Waals surface area contributed by atoms with Crippen molar-refractivity contribution in [1.82, 2.24) is 4.31 Å². The molecule has 0 bridgehead atoms. The van der Waals surface area contributed by atoms with E-state index in [-0.39, 0.29) is 18.8 Å². The third kappa shape index (κ3) is 6.03. The van der Waals surface area contributed by atoms with Crippen LogP contribution in [0.2, 0.25) is 0 Å². The summed E-state index contributed by atoms with van der Waals surface area (Å²) in [7, 11) is -4.03. The van der Waals surface area contributed by atoms with Gasteiger partial charge in [0.15, 0.2) is 0 Å². The van der Waals surface area contributed by atoms with E-state index in [0.717, 1.165) is 5.56 Å². The van der Waals surface area contributed by atoms with E-state index < -0.39 is 28.7 Å². The topological polar surface area (TPSA) is 63.4 Å². The predicted octanol–water partition coefficient (Wildman–Crippen LogP) is 1.94. The minimum absolute atomic E-state index is 0.158. The van der Waals surface area contributed by atoms with Crippen molar-refractivity contribution in [2.75, 3.05) is 25.4 Å². The van der Waals surface area contributed by atoms with Crippen LogP contribution in [-0.4, -0.2) is 44.3 Å². The summed E-state index contributed by atoms with van der Waals surface area (Å²) in [6.45, 7) is -0.340. The molecular weight excluding hydrogens is 305 g/mol. The fourth-order valence-corrected chi connectivity index (χ4v) is 3.72. The number of benzene rings is 1. The molecule has 8 heteroatoms. The van der Waals surface area contributed by atoms with Crippen LogP contribution < -0.4 is 5.73 Å². The lowest BCUT2D eigenvalue weighted by Crippen LogP contribution is -2.43. The SMILES string of the molecule is CC(CS(=O)(=O)N(CCN)CC(F)(F)F)c1ccccc1. The van der Waals surface area contributed by atoms with Crippen molar-refractivity contribution in [2.45, 2.75) is 19.0 Å². The Bertz CT molecular complexity index is 532. The molecule has 0 heterocycles. The Labute approximate surface area is 122 Å². The second kappa shape index (κ2) is 7.24. The first-order valence-electron chi connectivity index (χ1n) is 6.45. The average molecular weight is 324 g/mol. The van der Waals surface area contributed by atoms with Crippen molar-refractivity contribution in [1.29, 1.82) is 0 Å². The van der Waals surface area contributed by atoms with E-state index in [1.807, 2.05) is 0 Å². The van der Waals surface area contributed by atoms with Crippen LogP contribution in [0.5, 0.6) is 0 Å². The van der Waals surface area contributed by atoms with Gasteiger partial charge in [-0.05, 0) is 11.5 Å². The molecule has 0 saturated heterocycles. The Morgan fingerprint density at radius 2 is 1.81 bits per heavy atom. The highest BCUT2D eigenvalue weighted by atomic mass is 32.2. The monoisotopic (exact) mass is 324 g/mol. The fourth-order valence-electron chi connectivity index (χ4n) is 1.96. The minimum atomic E-state index is -4.59. The zero-order valence-corrected chi connectivity index (χ0v) is 12.5. The third-order valence-electron chi connectivity index (χ3n) is 2.96. The van der Waals surface area contributed by atoms with E-state index in [4.69, 9.17) is 5.73 Å². The highest BCUT2D eigenvalue weighted by Crippen LogP contribution is 2.22. The maximum atomic E-state index is 12.5. The van der Waals surface area contributed by atoms with Crippen LogP contribution in [0.1, 0.15) is 18.4 Å². The molecule has 1 unspecified atom stereocenters. The number of rotatable bonds is 7. The van der Waals surface area contributed by atoms with E-state index in [1.54, 1.807) is 37.3 Å². The zero-order valence-electron chi connectivity index (χ0n) is 11.7. The van der Waals surface area contributed by atoms with Gasteiger partial charge in [0.05, 0.1) is 5.75 Å². The highest BCUT2D eigenvalue weighted by molar-refractivity contribution is 7.89. The molecule has 1 rings (SSSR count). The first-order valence-corrected chi connectivity index (χ1v) is 8.06. The Balaban J connectivity index is 2.86. The molecular formula is C13H19F3N2O2S. The number of nitrogens with two attached hydrogens (primary N) is 1. The molecule has 2 N–H and O–H groups in total. The number of hydrogen-bond donors (Lipinski definition) is 1. The molecule has 1 aromatic rings. The van der Waals surface area contributed by atoms with Crippen LogP contribution in [0, 0.1) is 0 Å². The standard InChI is InChI=1S/C13H19F3N2O2S/c1-11(12-5-3-2-4-6-12)9-21(19,20)18(8-7-17)10-13(14,15)16/h2-6,11H,7-10,17H2,1H3. The molecule has 0 amide bonds. The van der Waals surface area contributed by atoms with Crippen LogP contribution in [0.4, 0.5) is 13.2 Å². The Morgan fingerprint density at radius 3 is 2.29 bits per heavy atom. The molecule has 0 radical (unpaired) electrons. The van der Waals surface area contributed by atoms with Gasteiger partial charge in [-0.2, -0.15) is 17.5 Å². The lowest BCUT2D eigenvalue weighted by atomic mass is 10.0. The first kappa shape index (κ1) is 17.9. The number of sulfonamides is 1. The lowest BCUT2D eigenvalue weighted by molar-refractivity contribution is -0.136. The number of hydrogen-bond acceptors (Lipinski definition) is 3. The van der Waals surface area contributed by atoms with Gasteiger partial charge in [-0.25, -0.2) is 8.42 Å². The van der Waals surface area contributed by atoms with Crippen molar-refractivity contribution >= 4 is 10.0 Å². The molecule has 0 fully saturated rings. The van der Waals surface area contributed by atoms with E-state index >= 15 is 0 Å². The molecule has 120 valence electrons. The summed E-state index contributed by atoms with van der Waals surface area (Å²) in [5.41, 5.74) is 5.98. The van der Waals surface area contributed by atoms with Gasteiger partial charge in [0.25, 0.3) is 0 Å². The van der Waals surface area contributed by atoms with Crippen molar-refractivity contribution in [3.8, 4) is 0 Å². The van der Waals surface area contributed by atoms with Crippen molar-refractivity contribution in [2.24, 2.45) is 5.73 Å². The van der Waals surface area contributed by atoms with E-state index in [9.17, 15) is 21.6 Å². The molecule has 1 atom stereocenters. The summed E-state index contributed by atoms with van der Waals surface area (Å²) < 4.78 is 62.1. The largest absolute Gasteiger partial charge is 0.402 e. The second-order valence-electron chi connectivity index (χ2n) is 4.83. The Kier molecular flexibility index (Phi) is 6.18. The van der Waals surface area contributed by atoms with Gasteiger partial charge in [-0.3, -0.25) is 0 Å². The van der Waals surface area contributed by atoms with Crippen LogP contribution in [-0.2, 0) is 10.0 Å². The van der Waals surface area contributed by atoms with E-state index in [0.29, 0.717) is 4.31 Å². The van der Waals surface area contributed by atoms with Crippen LogP contribution in [0.25, 0.3) is 0 Å². The van der Waals surface area contributed by atoms with Gasteiger partial charge in [0.1, 0.15) is 6.54 Å². The van der Waals surface area contributed by atoms with Gasteiger partial charge in [0.2, 0.25) is 10.0 Å². The molecule has 0 aliphatic heterocycles. The molecule has 0 aliphatic carbocycles. The first-order chi connectivity index (χ1) is 9.65. The van der Waals surface area contributed by atoms with Gasteiger partial charge < -0.3 is 5.73 Å². The van der Waals surface area contributed by atoms with Crippen LogP contribution in [0.3, 0.4) is 0 Å². The normalized spacial score (nSPS) is 14.4. The average Bonchev–Trinajstić information content (AvgIpc) is 2.37.